The fourth-order valence-corrected chi connectivity index (χ4v) is 2.11. The van der Waals surface area contributed by atoms with E-state index < -0.39 is 0 Å². The summed E-state index contributed by atoms with van der Waals surface area (Å²) < 4.78 is 0. The lowest BCUT2D eigenvalue weighted by molar-refractivity contribution is 0.823. The largest absolute Gasteiger partial charge is 0.272 e. The Labute approximate surface area is 91.9 Å². The first-order valence-corrected chi connectivity index (χ1v) is 6.23. The van der Waals surface area contributed by atoms with Crippen molar-refractivity contribution in [3.8, 4) is 6.19 Å². The molecule has 5 heteroatoms. The second kappa shape index (κ2) is 5.68. The number of hydrogen-bond acceptors (Lipinski definition) is 4. The van der Waals surface area contributed by atoms with Crippen molar-refractivity contribution in [1.29, 1.82) is 5.26 Å². The monoisotopic (exact) mass is 225 g/mol. The Morgan fingerprint density at radius 3 is 3.07 bits per heavy atom. The van der Waals surface area contributed by atoms with Gasteiger partial charge in [0.05, 0.1) is 6.04 Å². The zero-order chi connectivity index (χ0) is 10.4. The molecule has 0 aliphatic rings. The molecule has 0 aromatic carbocycles. The number of thioether (sulfide) groups is 1. The zero-order valence-corrected chi connectivity index (χ0v) is 9.65. The summed E-state index contributed by atoms with van der Waals surface area (Å²) in [5.41, 5.74) is 1.18. The van der Waals surface area contributed by atoms with Crippen molar-refractivity contribution >= 4 is 28.3 Å². The van der Waals surface area contributed by atoms with Crippen LogP contribution >= 0.6 is 23.1 Å². The van der Waals surface area contributed by atoms with E-state index >= 15 is 0 Å². The minimum atomic E-state index is 0.101. The summed E-state index contributed by atoms with van der Waals surface area (Å²) in [7, 11) is 0. The summed E-state index contributed by atoms with van der Waals surface area (Å²) in [6.07, 6.45) is 3.76. The van der Waals surface area contributed by atoms with Gasteiger partial charge in [0, 0.05) is 0 Å². The van der Waals surface area contributed by atoms with E-state index in [1.807, 2.05) is 30.8 Å². The van der Waals surface area contributed by atoms with Gasteiger partial charge in [-0.05, 0) is 35.6 Å². The predicted molar refractivity (Wildman–Crippen MR) is 62.4 cm³/mol. The molecule has 0 aliphatic heterocycles. The molecule has 1 N–H and O–H groups in total. The van der Waals surface area contributed by atoms with Crippen molar-refractivity contribution in [3.05, 3.63) is 22.4 Å². The van der Waals surface area contributed by atoms with Gasteiger partial charge in [0.2, 0.25) is 0 Å². The van der Waals surface area contributed by atoms with Crippen molar-refractivity contribution in [2.24, 2.45) is 4.99 Å². The molecule has 1 unspecified atom stereocenters. The minimum Gasteiger partial charge on any atom is -0.272 e. The van der Waals surface area contributed by atoms with Crippen molar-refractivity contribution in [1.82, 2.24) is 5.32 Å². The molecule has 1 atom stereocenters. The van der Waals surface area contributed by atoms with Gasteiger partial charge >= 0.3 is 0 Å². The lowest BCUT2D eigenvalue weighted by Crippen LogP contribution is -2.14. The summed E-state index contributed by atoms with van der Waals surface area (Å²) in [4.78, 5) is 4.38. The van der Waals surface area contributed by atoms with Crippen molar-refractivity contribution < 1.29 is 0 Å². The fraction of sp³-hybridized carbons (Fsp3) is 0.333. The molecule has 3 nitrogen and oxygen atoms in total. The Bertz CT molecular complexity index is 337. The molecule has 0 bridgehead atoms. The predicted octanol–water partition coefficient (Wildman–Crippen LogP) is 2.60. The van der Waals surface area contributed by atoms with Gasteiger partial charge in [-0.25, -0.2) is 0 Å². The highest BCUT2D eigenvalue weighted by Crippen LogP contribution is 2.20. The standard InChI is InChI=1S/C9H11N3S2/c1-7(8-3-4-14-5-8)12-9(13-2)11-6-10/h3-5,7H,1-2H3,(H,11,12). The van der Waals surface area contributed by atoms with Crippen LogP contribution < -0.4 is 5.32 Å². The van der Waals surface area contributed by atoms with E-state index in [-0.39, 0.29) is 6.04 Å². The number of nitrogens with one attached hydrogen (secondary N) is 1. The average molecular weight is 225 g/mol. The smallest absolute Gasteiger partial charge is 0.183 e. The van der Waals surface area contributed by atoms with Crippen molar-refractivity contribution in [2.75, 3.05) is 6.26 Å². The number of hydrogen-bond donors (Lipinski definition) is 1. The van der Waals surface area contributed by atoms with Crippen LogP contribution in [0.2, 0.25) is 0 Å². The lowest BCUT2D eigenvalue weighted by atomic mass is 10.2. The van der Waals surface area contributed by atoms with Crippen LogP contribution in [0.4, 0.5) is 0 Å². The summed E-state index contributed by atoms with van der Waals surface area (Å²) in [5, 5.41) is 15.8. The SMILES string of the molecule is CSC(=NC(C)c1ccsc1)NC#N. The van der Waals surface area contributed by atoms with Crippen molar-refractivity contribution in [2.45, 2.75) is 13.0 Å². The number of nitriles is 1. The second-order valence-electron chi connectivity index (χ2n) is 2.61. The van der Waals surface area contributed by atoms with Gasteiger partial charge in [0.1, 0.15) is 0 Å². The molecule has 1 heterocycles. The summed E-state index contributed by atoms with van der Waals surface area (Å²) in [5.74, 6) is 0. The molecule has 1 aromatic heterocycles. The van der Waals surface area contributed by atoms with Gasteiger partial charge in [-0.15, -0.1) is 0 Å². The van der Waals surface area contributed by atoms with Crippen LogP contribution in [0.15, 0.2) is 21.8 Å². The molecule has 0 fully saturated rings. The maximum absolute atomic E-state index is 8.46. The summed E-state index contributed by atoms with van der Waals surface area (Å²) in [6, 6.07) is 2.15. The number of aliphatic imine (C=N–C) groups is 1. The Hall–Kier alpha value is -0.990. The van der Waals surface area contributed by atoms with Crippen LogP contribution in [0, 0.1) is 11.5 Å². The summed E-state index contributed by atoms with van der Waals surface area (Å²) >= 11 is 3.09. The van der Waals surface area contributed by atoms with E-state index in [4.69, 9.17) is 5.26 Å². The maximum atomic E-state index is 8.46. The molecule has 0 spiro atoms. The zero-order valence-electron chi connectivity index (χ0n) is 8.02. The second-order valence-corrected chi connectivity index (χ2v) is 4.18. The highest BCUT2D eigenvalue weighted by atomic mass is 32.2. The summed E-state index contributed by atoms with van der Waals surface area (Å²) in [6.45, 7) is 2.01. The normalized spacial score (nSPS) is 13.4. The Morgan fingerprint density at radius 1 is 1.79 bits per heavy atom. The third-order valence-electron chi connectivity index (χ3n) is 1.69. The number of nitrogens with zero attached hydrogens (tertiary/aromatic N) is 2. The molecule has 0 saturated carbocycles. The third kappa shape index (κ3) is 3.05. The van der Waals surface area contributed by atoms with Gasteiger partial charge in [-0.3, -0.25) is 10.3 Å². The molecule has 1 aromatic rings. The maximum Gasteiger partial charge on any atom is 0.183 e. The van der Waals surface area contributed by atoms with E-state index in [1.165, 1.54) is 17.3 Å². The van der Waals surface area contributed by atoms with Gasteiger partial charge in [0.15, 0.2) is 11.4 Å². The van der Waals surface area contributed by atoms with E-state index in [0.29, 0.717) is 5.17 Å². The van der Waals surface area contributed by atoms with Gasteiger partial charge in [0.25, 0.3) is 0 Å². The van der Waals surface area contributed by atoms with Crippen LogP contribution in [0.3, 0.4) is 0 Å². The minimum absolute atomic E-state index is 0.101. The quantitative estimate of drug-likeness (QED) is 0.364. The van der Waals surface area contributed by atoms with Gasteiger partial charge in [-0.2, -0.15) is 16.6 Å². The highest BCUT2D eigenvalue weighted by molar-refractivity contribution is 8.13. The highest BCUT2D eigenvalue weighted by Gasteiger charge is 2.05. The first-order valence-electron chi connectivity index (χ1n) is 4.07. The Morgan fingerprint density at radius 2 is 2.57 bits per heavy atom. The van der Waals surface area contributed by atoms with E-state index in [1.54, 1.807) is 11.3 Å². The fourth-order valence-electron chi connectivity index (χ4n) is 0.947. The van der Waals surface area contributed by atoms with Gasteiger partial charge < -0.3 is 0 Å². The van der Waals surface area contributed by atoms with Crippen LogP contribution in [-0.2, 0) is 0 Å². The molecular formula is C9H11N3S2. The van der Waals surface area contributed by atoms with E-state index in [2.05, 4.69) is 15.7 Å². The Kier molecular flexibility index (Phi) is 4.50. The van der Waals surface area contributed by atoms with Gasteiger partial charge in [-0.1, -0.05) is 11.8 Å². The molecular weight excluding hydrogens is 214 g/mol. The first kappa shape index (κ1) is 11.1. The lowest BCUT2D eigenvalue weighted by Gasteiger charge is -2.05. The van der Waals surface area contributed by atoms with E-state index in [9.17, 15) is 0 Å². The topological polar surface area (TPSA) is 48.2 Å². The number of amidine groups is 1. The molecule has 1 rings (SSSR count). The molecule has 0 aliphatic carbocycles. The van der Waals surface area contributed by atoms with Crippen LogP contribution in [-0.4, -0.2) is 11.4 Å². The average Bonchev–Trinajstić information content (AvgIpc) is 2.69. The molecule has 0 saturated heterocycles. The number of thiophene rings is 1. The third-order valence-corrected chi connectivity index (χ3v) is 2.99. The van der Waals surface area contributed by atoms with Crippen LogP contribution in [0.1, 0.15) is 18.5 Å². The molecule has 74 valence electrons. The van der Waals surface area contributed by atoms with Crippen molar-refractivity contribution in [3.63, 3.8) is 0 Å². The molecule has 0 amide bonds. The molecule has 14 heavy (non-hydrogen) atoms. The molecule has 0 radical (unpaired) electrons. The van der Waals surface area contributed by atoms with Crippen LogP contribution in [0.5, 0.6) is 0 Å². The van der Waals surface area contributed by atoms with E-state index in [0.717, 1.165) is 0 Å². The Balaban J connectivity index is 2.71. The van der Waals surface area contributed by atoms with Crippen LogP contribution in [0.25, 0.3) is 0 Å². The first-order chi connectivity index (χ1) is 6.77. The number of rotatable bonds is 2.